The molecule has 1 aromatic heterocycles. The topological polar surface area (TPSA) is 95.5 Å². The average Bonchev–Trinajstić information content (AvgIpc) is 3.19. The lowest BCUT2D eigenvalue weighted by atomic mass is 9.78. The first kappa shape index (κ1) is 22.5. The molecule has 1 aromatic carbocycles. The molecule has 2 N–H and O–H groups in total. The number of hydrogen-bond donors (Lipinski definition) is 2. The number of H-pyrrole nitrogens is 1. The number of ether oxygens (including phenoxy) is 1. The van der Waals surface area contributed by atoms with E-state index in [1.54, 1.807) is 6.92 Å². The van der Waals surface area contributed by atoms with Crippen molar-refractivity contribution in [3.63, 3.8) is 0 Å². The van der Waals surface area contributed by atoms with Crippen LogP contribution >= 0.6 is 0 Å². The molecular weight excluding hydrogens is 406 g/mol. The molecule has 1 aliphatic carbocycles. The summed E-state index contributed by atoms with van der Waals surface area (Å²) in [7, 11) is 0. The van der Waals surface area contributed by atoms with Crippen molar-refractivity contribution >= 4 is 5.91 Å². The maximum absolute atomic E-state index is 13.0. The maximum atomic E-state index is 13.0. The van der Waals surface area contributed by atoms with Crippen molar-refractivity contribution in [3.8, 4) is 5.75 Å². The van der Waals surface area contributed by atoms with E-state index in [2.05, 4.69) is 23.0 Å². The highest BCUT2D eigenvalue weighted by molar-refractivity contribution is 5.79. The summed E-state index contributed by atoms with van der Waals surface area (Å²) in [5.74, 6) is 1.97. The first-order valence-electron chi connectivity index (χ1n) is 11.7. The fraction of sp³-hybridized carbons (Fsp3) is 0.560. The van der Waals surface area contributed by atoms with Crippen molar-refractivity contribution in [1.29, 1.82) is 0 Å². The SMILES string of the molecule is CCc1nc(C)c(CC(=O)N2C[C@H]3C[C@@H](Oc4ccccc4CC)[C@H](O)C[C@H]3C2)c(=O)[nH]1. The van der Waals surface area contributed by atoms with Gasteiger partial charge in [0.1, 0.15) is 17.7 Å². The highest BCUT2D eigenvalue weighted by Crippen LogP contribution is 2.38. The van der Waals surface area contributed by atoms with Gasteiger partial charge in [-0.25, -0.2) is 4.98 Å². The number of nitrogens with one attached hydrogen (secondary N) is 1. The zero-order chi connectivity index (χ0) is 22.8. The highest BCUT2D eigenvalue weighted by atomic mass is 16.5. The Morgan fingerprint density at radius 1 is 1.19 bits per heavy atom. The lowest BCUT2D eigenvalue weighted by molar-refractivity contribution is -0.129. The zero-order valence-corrected chi connectivity index (χ0v) is 19.1. The molecule has 4 atom stereocenters. The zero-order valence-electron chi connectivity index (χ0n) is 19.1. The summed E-state index contributed by atoms with van der Waals surface area (Å²) < 4.78 is 6.24. The van der Waals surface area contributed by atoms with E-state index in [-0.39, 0.29) is 29.9 Å². The second-order valence-corrected chi connectivity index (χ2v) is 9.08. The van der Waals surface area contributed by atoms with E-state index >= 15 is 0 Å². The number of fused-ring (bicyclic) bond motifs is 1. The molecule has 32 heavy (non-hydrogen) atoms. The maximum Gasteiger partial charge on any atom is 0.254 e. The minimum Gasteiger partial charge on any atom is -0.487 e. The van der Waals surface area contributed by atoms with Crippen LogP contribution in [0.3, 0.4) is 0 Å². The van der Waals surface area contributed by atoms with Gasteiger partial charge in [0.15, 0.2) is 0 Å². The van der Waals surface area contributed by atoms with Gasteiger partial charge < -0.3 is 19.7 Å². The Hall–Kier alpha value is -2.67. The van der Waals surface area contributed by atoms with Crippen molar-refractivity contribution in [3.05, 3.63) is 57.3 Å². The van der Waals surface area contributed by atoms with Gasteiger partial charge in [0, 0.05) is 30.8 Å². The van der Waals surface area contributed by atoms with E-state index in [0.717, 1.165) is 24.2 Å². The standard InChI is InChI=1S/C25H33N3O4/c1-4-16-8-6-7-9-21(16)32-22-11-18-14-28(13-17(18)10-20(22)29)24(30)12-19-15(3)26-23(5-2)27-25(19)31/h6-9,17-18,20,22,29H,4-5,10-14H2,1-3H3,(H,26,27,31)/t17-,18+,20+,22+/m0/s1. The lowest BCUT2D eigenvalue weighted by Gasteiger charge is -2.35. The summed E-state index contributed by atoms with van der Waals surface area (Å²) in [6, 6.07) is 7.96. The monoisotopic (exact) mass is 439 g/mol. The van der Waals surface area contributed by atoms with Gasteiger partial charge in [-0.1, -0.05) is 32.0 Å². The Morgan fingerprint density at radius 2 is 1.91 bits per heavy atom. The smallest absolute Gasteiger partial charge is 0.254 e. The van der Waals surface area contributed by atoms with Crippen LogP contribution in [-0.4, -0.2) is 51.2 Å². The van der Waals surface area contributed by atoms with E-state index in [1.165, 1.54) is 0 Å². The molecule has 0 radical (unpaired) electrons. The lowest BCUT2D eigenvalue weighted by Crippen LogP contribution is -2.42. The predicted molar refractivity (Wildman–Crippen MR) is 122 cm³/mol. The number of benzene rings is 1. The van der Waals surface area contributed by atoms with Gasteiger partial charge in [-0.15, -0.1) is 0 Å². The second-order valence-electron chi connectivity index (χ2n) is 9.08. The molecule has 2 fully saturated rings. The first-order valence-corrected chi connectivity index (χ1v) is 11.7. The van der Waals surface area contributed by atoms with E-state index in [4.69, 9.17) is 4.74 Å². The molecule has 2 aliphatic rings. The molecule has 0 unspecified atom stereocenters. The molecule has 1 amide bonds. The molecule has 1 saturated heterocycles. The van der Waals surface area contributed by atoms with Gasteiger partial charge >= 0.3 is 0 Å². The molecule has 1 saturated carbocycles. The van der Waals surface area contributed by atoms with Crippen molar-refractivity contribution in [2.24, 2.45) is 11.8 Å². The molecule has 1 aliphatic heterocycles. The molecule has 0 bridgehead atoms. The number of aromatic nitrogens is 2. The molecule has 172 valence electrons. The number of carbonyl (C=O) groups excluding carboxylic acids is 1. The average molecular weight is 440 g/mol. The summed E-state index contributed by atoms with van der Waals surface area (Å²) in [5, 5.41) is 10.7. The fourth-order valence-electron chi connectivity index (χ4n) is 5.10. The van der Waals surface area contributed by atoms with Crippen LogP contribution in [0.1, 0.15) is 49.3 Å². The quantitative estimate of drug-likeness (QED) is 0.721. The van der Waals surface area contributed by atoms with Gasteiger partial charge in [-0.2, -0.15) is 0 Å². The summed E-state index contributed by atoms with van der Waals surface area (Å²) in [5.41, 5.74) is 1.97. The fourth-order valence-corrected chi connectivity index (χ4v) is 5.10. The van der Waals surface area contributed by atoms with Gasteiger partial charge in [0.05, 0.1) is 12.5 Å². The van der Waals surface area contributed by atoms with Crippen molar-refractivity contribution in [2.75, 3.05) is 13.1 Å². The number of aliphatic hydroxyl groups excluding tert-OH is 1. The molecule has 0 spiro atoms. The van der Waals surface area contributed by atoms with Crippen molar-refractivity contribution < 1.29 is 14.6 Å². The van der Waals surface area contributed by atoms with Crippen LogP contribution < -0.4 is 10.3 Å². The van der Waals surface area contributed by atoms with E-state index in [1.807, 2.05) is 30.0 Å². The number of likely N-dealkylation sites (tertiary alicyclic amines) is 1. The normalized spacial score (nSPS) is 24.9. The number of amides is 1. The summed E-state index contributed by atoms with van der Waals surface area (Å²) in [4.78, 5) is 34.4. The van der Waals surface area contributed by atoms with Crippen LogP contribution in [0.2, 0.25) is 0 Å². The Morgan fingerprint density at radius 3 is 2.59 bits per heavy atom. The summed E-state index contributed by atoms with van der Waals surface area (Å²) >= 11 is 0. The first-order chi connectivity index (χ1) is 15.4. The molecular formula is C25H33N3O4. The molecule has 7 nitrogen and oxygen atoms in total. The van der Waals surface area contributed by atoms with Crippen molar-refractivity contribution in [2.45, 2.75) is 65.1 Å². The Kier molecular flexibility index (Phi) is 6.65. The third-order valence-electron chi connectivity index (χ3n) is 7.00. The van der Waals surface area contributed by atoms with Gasteiger partial charge in [0.25, 0.3) is 5.56 Å². The van der Waals surface area contributed by atoms with Crippen LogP contribution in [0, 0.1) is 18.8 Å². The number of hydrogen-bond acceptors (Lipinski definition) is 5. The Labute approximate surface area is 188 Å². The highest BCUT2D eigenvalue weighted by Gasteiger charge is 2.44. The van der Waals surface area contributed by atoms with E-state index in [0.29, 0.717) is 48.9 Å². The minimum absolute atomic E-state index is 0.0534. The second kappa shape index (κ2) is 9.45. The van der Waals surface area contributed by atoms with Crippen LogP contribution in [0.15, 0.2) is 29.1 Å². The number of aromatic amines is 1. The minimum atomic E-state index is -0.549. The molecule has 7 heteroatoms. The van der Waals surface area contributed by atoms with Crippen LogP contribution in [-0.2, 0) is 24.1 Å². The number of rotatable bonds is 6. The van der Waals surface area contributed by atoms with Gasteiger partial charge in [-0.3, -0.25) is 9.59 Å². The van der Waals surface area contributed by atoms with Crippen LogP contribution in [0.5, 0.6) is 5.75 Å². The summed E-state index contributed by atoms with van der Waals surface area (Å²) in [6.07, 6.45) is 2.11. The Balaban J connectivity index is 1.41. The molecule has 2 aromatic rings. The number of para-hydroxylation sites is 1. The predicted octanol–water partition coefficient (Wildman–Crippen LogP) is 2.42. The number of carbonyl (C=O) groups is 1. The number of nitrogens with zero attached hydrogens (tertiary/aromatic N) is 2. The third-order valence-corrected chi connectivity index (χ3v) is 7.00. The van der Waals surface area contributed by atoms with E-state index in [9.17, 15) is 14.7 Å². The van der Waals surface area contributed by atoms with Crippen LogP contribution in [0.25, 0.3) is 0 Å². The van der Waals surface area contributed by atoms with E-state index < -0.39 is 6.10 Å². The number of aliphatic hydroxyl groups is 1. The van der Waals surface area contributed by atoms with Gasteiger partial charge in [0.2, 0.25) is 5.91 Å². The van der Waals surface area contributed by atoms with Gasteiger partial charge in [-0.05, 0) is 49.7 Å². The largest absolute Gasteiger partial charge is 0.487 e. The number of aryl methyl sites for hydroxylation is 3. The third kappa shape index (κ3) is 4.58. The summed E-state index contributed by atoms with van der Waals surface area (Å²) in [6.45, 7) is 7.07. The molecule has 2 heterocycles. The van der Waals surface area contributed by atoms with Crippen molar-refractivity contribution in [1.82, 2.24) is 14.9 Å². The van der Waals surface area contributed by atoms with Crippen LogP contribution in [0.4, 0.5) is 0 Å². The Bertz CT molecular complexity index is 1030. The molecule has 4 rings (SSSR count).